The molecule has 0 aliphatic heterocycles. The van der Waals surface area contributed by atoms with Gasteiger partial charge in [-0.1, -0.05) is 23.2 Å². The van der Waals surface area contributed by atoms with Crippen LogP contribution in [0.15, 0.2) is 30.6 Å². The Morgan fingerprint density at radius 1 is 1.20 bits per heavy atom. The number of aryl methyl sites for hydroxylation is 1. The van der Waals surface area contributed by atoms with E-state index < -0.39 is 0 Å². The van der Waals surface area contributed by atoms with Crippen molar-refractivity contribution in [3.05, 3.63) is 41.2 Å². The molecule has 1 heterocycles. The number of nitrogen functional groups attached to an aromatic ring is 1. The molecule has 0 amide bonds. The predicted molar refractivity (Wildman–Crippen MR) is 61.6 cm³/mol. The van der Waals surface area contributed by atoms with Crippen LogP contribution in [0.4, 0.5) is 5.69 Å². The molecular weight excluding hydrogens is 210 g/mol. The lowest BCUT2D eigenvalue weighted by Gasteiger charge is -2.03. The zero-order valence-electron chi connectivity index (χ0n) is 8.24. The number of hydrogen-bond donors (Lipinski definition) is 1. The number of nitrogens with two attached hydrogens (primary N) is 1. The van der Waals surface area contributed by atoms with Gasteiger partial charge in [-0.2, -0.15) is 0 Å². The van der Waals surface area contributed by atoms with E-state index in [0.717, 1.165) is 11.1 Å². The van der Waals surface area contributed by atoms with Gasteiger partial charge in [0.1, 0.15) is 0 Å². The van der Waals surface area contributed by atoms with Crippen LogP contribution in [0.25, 0.3) is 11.4 Å². The van der Waals surface area contributed by atoms with E-state index in [1.54, 1.807) is 12.4 Å². The highest BCUT2D eigenvalue weighted by molar-refractivity contribution is 6.33. The Morgan fingerprint density at radius 2 is 1.87 bits per heavy atom. The number of aromatic nitrogens is 2. The molecule has 1 aromatic heterocycles. The Morgan fingerprint density at radius 3 is 2.53 bits per heavy atom. The van der Waals surface area contributed by atoms with Crippen LogP contribution in [-0.2, 0) is 0 Å². The Kier molecular flexibility index (Phi) is 2.56. The minimum Gasteiger partial charge on any atom is -0.396 e. The highest BCUT2D eigenvalue weighted by atomic mass is 35.5. The standard InChI is InChI=1S/C11H10ClN3/c1-7-2-3-10(12)9(4-7)11-14-5-8(13)6-15-11/h2-6H,13H2,1H3. The van der Waals surface area contributed by atoms with Crippen molar-refractivity contribution >= 4 is 17.3 Å². The van der Waals surface area contributed by atoms with E-state index in [-0.39, 0.29) is 0 Å². The third kappa shape index (κ3) is 2.07. The first-order valence-corrected chi connectivity index (χ1v) is 4.88. The number of rotatable bonds is 1. The van der Waals surface area contributed by atoms with Crippen molar-refractivity contribution in [1.29, 1.82) is 0 Å². The van der Waals surface area contributed by atoms with E-state index >= 15 is 0 Å². The zero-order chi connectivity index (χ0) is 10.8. The number of anilines is 1. The van der Waals surface area contributed by atoms with Gasteiger partial charge >= 0.3 is 0 Å². The third-order valence-corrected chi connectivity index (χ3v) is 2.36. The second kappa shape index (κ2) is 3.87. The first-order valence-electron chi connectivity index (χ1n) is 4.51. The summed E-state index contributed by atoms with van der Waals surface area (Å²) in [6.07, 6.45) is 3.14. The Bertz CT molecular complexity index is 480. The zero-order valence-corrected chi connectivity index (χ0v) is 8.99. The highest BCUT2D eigenvalue weighted by Gasteiger charge is 2.05. The quantitative estimate of drug-likeness (QED) is 0.802. The summed E-state index contributed by atoms with van der Waals surface area (Å²) in [7, 11) is 0. The van der Waals surface area contributed by atoms with Gasteiger partial charge in [0, 0.05) is 5.56 Å². The summed E-state index contributed by atoms with van der Waals surface area (Å²) >= 11 is 6.06. The SMILES string of the molecule is Cc1ccc(Cl)c(-c2ncc(N)cn2)c1. The molecule has 0 radical (unpaired) electrons. The van der Waals surface area contributed by atoms with Crippen LogP contribution in [0.3, 0.4) is 0 Å². The minimum atomic E-state index is 0.544. The fourth-order valence-corrected chi connectivity index (χ4v) is 1.49. The van der Waals surface area contributed by atoms with Crippen molar-refractivity contribution in [2.75, 3.05) is 5.73 Å². The van der Waals surface area contributed by atoms with E-state index in [9.17, 15) is 0 Å². The predicted octanol–water partition coefficient (Wildman–Crippen LogP) is 2.69. The molecule has 0 aliphatic rings. The number of benzene rings is 1. The highest BCUT2D eigenvalue weighted by Crippen LogP contribution is 2.25. The van der Waals surface area contributed by atoms with E-state index in [4.69, 9.17) is 17.3 Å². The minimum absolute atomic E-state index is 0.544. The summed E-state index contributed by atoms with van der Waals surface area (Å²) in [4.78, 5) is 8.26. The Balaban J connectivity index is 2.53. The average molecular weight is 220 g/mol. The van der Waals surface area contributed by atoms with E-state index in [1.165, 1.54) is 0 Å². The van der Waals surface area contributed by atoms with Crippen LogP contribution in [0, 0.1) is 6.92 Å². The lowest BCUT2D eigenvalue weighted by atomic mass is 10.1. The summed E-state index contributed by atoms with van der Waals surface area (Å²) in [5.41, 5.74) is 8.01. The van der Waals surface area contributed by atoms with Crippen LogP contribution < -0.4 is 5.73 Å². The summed E-state index contributed by atoms with van der Waals surface area (Å²) in [5.74, 6) is 0.595. The molecule has 0 saturated heterocycles. The van der Waals surface area contributed by atoms with Gasteiger partial charge in [0.15, 0.2) is 5.82 Å². The normalized spacial score (nSPS) is 10.3. The second-order valence-electron chi connectivity index (χ2n) is 3.32. The molecule has 0 saturated carbocycles. The van der Waals surface area contributed by atoms with Gasteiger partial charge in [-0.05, 0) is 19.1 Å². The summed E-state index contributed by atoms with van der Waals surface area (Å²) in [5, 5.41) is 0.644. The average Bonchev–Trinajstić information content (AvgIpc) is 2.23. The van der Waals surface area contributed by atoms with E-state index in [0.29, 0.717) is 16.5 Å². The largest absolute Gasteiger partial charge is 0.396 e. The van der Waals surface area contributed by atoms with Gasteiger partial charge in [0.25, 0.3) is 0 Å². The van der Waals surface area contributed by atoms with Crippen molar-refractivity contribution in [3.63, 3.8) is 0 Å². The Hall–Kier alpha value is -1.61. The maximum Gasteiger partial charge on any atom is 0.160 e. The molecule has 76 valence electrons. The van der Waals surface area contributed by atoms with Gasteiger partial charge in [-0.3, -0.25) is 0 Å². The topological polar surface area (TPSA) is 51.8 Å². The monoisotopic (exact) mass is 219 g/mol. The van der Waals surface area contributed by atoms with Gasteiger partial charge in [0.05, 0.1) is 23.1 Å². The van der Waals surface area contributed by atoms with Crippen molar-refractivity contribution < 1.29 is 0 Å². The van der Waals surface area contributed by atoms with Gasteiger partial charge in [-0.15, -0.1) is 0 Å². The molecule has 0 unspecified atom stereocenters. The van der Waals surface area contributed by atoms with Crippen molar-refractivity contribution in [2.45, 2.75) is 6.92 Å². The van der Waals surface area contributed by atoms with Crippen LogP contribution in [-0.4, -0.2) is 9.97 Å². The fourth-order valence-electron chi connectivity index (χ4n) is 1.29. The molecule has 15 heavy (non-hydrogen) atoms. The van der Waals surface area contributed by atoms with E-state index in [1.807, 2.05) is 25.1 Å². The Labute approximate surface area is 92.9 Å². The lowest BCUT2D eigenvalue weighted by Crippen LogP contribution is -1.93. The van der Waals surface area contributed by atoms with Crippen LogP contribution in [0.2, 0.25) is 5.02 Å². The number of nitrogens with zero attached hydrogens (tertiary/aromatic N) is 2. The molecule has 0 fully saturated rings. The first kappa shape index (κ1) is 9.93. The lowest BCUT2D eigenvalue weighted by molar-refractivity contribution is 1.18. The van der Waals surface area contributed by atoms with Gasteiger partial charge in [-0.25, -0.2) is 9.97 Å². The summed E-state index contributed by atoms with van der Waals surface area (Å²) < 4.78 is 0. The van der Waals surface area contributed by atoms with Crippen LogP contribution in [0.5, 0.6) is 0 Å². The molecule has 2 aromatic rings. The van der Waals surface area contributed by atoms with Crippen LogP contribution >= 0.6 is 11.6 Å². The van der Waals surface area contributed by atoms with Gasteiger partial charge in [0.2, 0.25) is 0 Å². The number of hydrogen-bond acceptors (Lipinski definition) is 3. The third-order valence-electron chi connectivity index (χ3n) is 2.03. The van der Waals surface area contributed by atoms with Crippen molar-refractivity contribution in [1.82, 2.24) is 9.97 Å². The maximum absolute atomic E-state index is 6.06. The molecule has 2 N–H and O–H groups in total. The summed E-state index contributed by atoms with van der Waals surface area (Å²) in [6.45, 7) is 2.00. The molecular formula is C11H10ClN3. The fraction of sp³-hybridized carbons (Fsp3) is 0.0909. The number of halogens is 1. The smallest absolute Gasteiger partial charge is 0.160 e. The van der Waals surface area contributed by atoms with Crippen LogP contribution in [0.1, 0.15) is 5.56 Å². The van der Waals surface area contributed by atoms with Gasteiger partial charge < -0.3 is 5.73 Å². The van der Waals surface area contributed by atoms with Crippen molar-refractivity contribution in [2.24, 2.45) is 0 Å². The molecule has 0 atom stereocenters. The second-order valence-corrected chi connectivity index (χ2v) is 3.73. The molecule has 0 aliphatic carbocycles. The first-order chi connectivity index (χ1) is 7.16. The molecule has 0 bridgehead atoms. The molecule has 3 nitrogen and oxygen atoms in total. The molecule has 0 spiro atoms. The maximum atomic E-state index is 6.06. The summed E-state index contributed by atoms with van der Waals surface area (Å²) in [6, 6.07) is 5.74. The molecule has 2 rings (SSSR count). The molecule has 4 heteroatoms. The van der Waals surface area contributed by atoms with Crippen molar-refractivity contribution in [3.8, 4) is 11.4 Å². The van der Waals surface area contributed by atoms with E-state index in [2.05, 4.69) is 9.97 Å². The molecule has 1 aromatic carbocycles.